The lowest BCUT2D eigenvalue weighted by Gasteiger charge is -2.36. The van der Waals surface area contributed by atoms with Gasteiger partial charge in [0.2, 0.25) is 0 Å². The van der Waals surface area contributed by atoms with Crippen molar-refractivity contribution >= 4 is 9.52 Å². The molecule has 4 fully saturated rings. The molecule has 0 aromatic heterocycles. The molecule has 0 amide bonds. The van der Waals surface area contributed by atoms with Gasteiger partial charge in [0.05, 0.1) is 0 Å². The second kappa shape index (κ2) is 8.29. The van der Waals surface area contributed by atoms with Gasteiger partial charge in [0.25, 0.3) is 0 Å². The molecule has 1 heterocycles. The zero-order chi connectivity index (χ0) is 17.2. The zero-order valence-corrected chi connectivity index (χ0v) is 17.6. The molecule has 140 valence electrons. The van der Waals surface area contributed by atoms with Crippen LogP contribution in [-0.2, 0) is 0 Å². The molecule has 3 aliphatic carbocycles. The molecule has 1 aliphatic heterocycles. The minimum Gasteiger partial charge on any atom is -0.297 e. The first-order chi connectivity index (χ1) is 12.3. The Hall–Kier alpha value is -0.0831. The fourth-order valence-electron chi connectivity index (χ4n) is 6.95. The van der Waals surface area contributed by atoms with Crippen LogP contribution in [0.2, 0.25) is 12.1 Å². The van der Waals surface area contributed by atoms with Crippen molar-refractivity contribution in [2.75, 3.05) is 6.54 Å². The Bertz CT molecular complexity index is 447. The fraction of sp³-hybridized carbons (Fsp3) is 0.913. The SMILES string of the molecule is CCN1C2CCCCC2C2CC(C=CC3CCC([Si]C)CC3)CCC21. The minimum absolute atomic E-state index is 0.895. The van der Waals surface area contributed by atoms with Gasteiger partial charge in [-0.05, 0) is 80.7 Å². The smallest absolute Gasteiger partial charge is 0.0378 e. The summed E-state index contributed by atoms with van der Waals surface area (Å²) in [5.41, 5.74) is 1.06. The van der Waals surface area contributed by atoms with Crippen LogP contribution in [0.25, 0.3) is 0 Å². The normalized spacial score (nSPS) is 45.4. The Morgan fingerprint density at radius 3 is 2.24 bits per heavy atom. The average molecular weight is 358 g/mol. The average Bonchev–Trinajstić information content (AvgIpc) is 3.00. The van der Waals surface area contributed by atoms with Crippen LogP contribution >= 0.6 is 0 Å². The first-order valence-corrected chi connectivity index (χ1v) is 13.0. The van der Waals surface area contributed by atoms with E-state index in [-0.39, 0.29) is 0 Å². The lowest BCUT2D eigenvalue weighted by atomic mass is 9.70. The van der Waals surface area contributed by atoms with Crippen molar-refractivity contribution in [3.63, 3.8) is 0 Å². The Morgan fingerprint density at radius 2 is 1.48 bits per heavy atom. The van der Waals surface area contributed by atoms with E-state index in [9.17, 15) is 0 Å². The Morgan fingerprint density at radius 1 is 0.800 bits per heavy atom. The molecule has 0 aromatic carbocycles. The third-order valence-electron chi connectivity index (χ3n) is 8.29. The number of rotatable bonds is 4. The summed E-state index contributed by atoms with van der Waals surface area (Å²) in [5, 5.41) is 0. The second-order valence-corrected chi connectivity index (χ2v) is 10.8. The molecule has 25 heavy (non-hydrogen) atoms. The number of fused-ring (bicyclic) bond motifs is 3. The number of hydrogen-bond acceptors (Lipinski definition) is 1. The van der Waals surface area contributed by atoms with Crippen LogP contribution in [0.1, 0.15) is 77.6 Å². The zero-order valence-electron chi connectivity index (χ0n) is 16.6. The van der Waals surface area contributed by atoms with Crippen molar-refractivity contribution in [2.24, 2.45) is 23.7 Å². The summed E-state index contributed by atoms with van der Waals surface area (Å²) in [6.07, 6.45) is 21.7. The third-order valence-corrected chi connectivity index (χ3v) is 9.68. The summed E-state index contributed by atoms with van der Waals surface area (Å²) in [5.74, 6) is 3.86. The van der Waals surface area contributed by atoms with Gasteiger partial charge in [-0.15, -0.1) is 0 Å². The predicted molar refractivity (Wildman–Crippen MR) is 109 cm³/mol. The van der Waals surface area contributed by atoms with E-state index in [1.54, 1.807) is 0 Å². The summed E-state index contributed by atoms with van der Waals surface area (Å²) in [4.78, 5) is 2.93. The molecular weight excluding hydrogens is 318 g/mol. The van der Waals surface area contributed by atoms with Gasteiger partial charge in [-0.1, -0.05) is 51.3 Å². The molecule has 3 saturated carbocycles. The summed E-state index contributed by atoms with van der Waals surface area (Å²) >= 11 is 0. The first-order valence-electron chi connectivity index (χ1n) is 11.4. The van der Waals surface area contributed by atoms with Crippen LogP contribution in [-0.4, -0.2) is 33.0 Å². The van der Waals surface area contributed by atoms with E-state index in [2.05, 4.69) is 30.5 Å². The van der Waals surface area contributed by atoms with Crippen LogP contribution in [0.15, 0.2) is 12.2 Å². The van der Waals surface area contributed by atoms with Crippen molar-refractivity contribution < 1.29 is 0 Å². The topological polar surface area (TPSA) is 3.24 Å². The lowest BCUT2D eigenvalue weighted by molar-refractivity contribution is 0.140. The molecule has 0 aromatic rings. The van der Waals surface area contributed by atoms with E-state index in [1.807, 2.05) is 0 Å². The highest BCUT2D eigenvalue weighted by Crippen LogP contribution is 2.50. The summed E-state index contributed by atoms with van der Waals surface area (Å²) in [6.45, 7) is 6.11. The van der Waals surface area contributed by atoms with Crippen LogP contribution in [0.4, 0.5) is 0 Å². The summed E-state index contributed by atoms with van der Waals surface area (Å²) < 4.78 is 0. The summed E-state index contributed by atoms with van der Waals surface area (Å²) in [7, 11) is 1.17. The Labute approximate surface area is 158 Å². The van der Waals surface area contributed by atoms with E-state index in [0.29, 0.717) is 0 Å². The maximum atomic E-state index is 2.93. The van der Waals surface area contributed by atoms with E-state index in [1.165, 1.54) is 86.7 Å². The summed E-state index contributed by atoms with van der Waals surface area (Å²) in [6, 6.07) is 1.88. The van der Waals surface area contributed by atoms with Gasteiger partial charge in [-0.3, -0.25) is 4.90 Å². The van der Waals surface area contributed by atoms with Crippen LogP contribution in [0.5, 0.6) is 0 Å². The molecule has 2 radical (unpaired) electrons. The molecule has 4 rings (SSSR count). The Balaban J connectivity index is 1.35. The lowest BCUT2D eigenvalue weighted by Crippen LogP contribution is -2.40. The molecule has 5 atom stereocenters. The van der Waals surface area contributed by atoms with Gasteiger partial charge < -0.3 is 0 Å². The van der Waals surface area contributed by atoms with Gasteiger partial charge in [0.15, 0.2) is 0 Å². The monoisotopic (exact) mass is 357 g/mol. The number of allylic oxidation sites excluding steroid dienone is 2. The molecule has 0 bridgehead atoms. The minimum atomic E-state index is 0.895. The van der Waals surface area contributed by atoms with Gasteiger partial charge in [-0.25, -0.2) is 0 Å². The standard InChI is InChI=1S/C23H39NSi/c1-3-24-22-7-5-4-6-20(22)21-16-18(12-15-23(21)24)9-8-17-10-13-19(25-2)14-11-17/h8-9,17-23H,3-7,10-16H2,1-2H3. The van der Waals surface area contributed by atoms with Gasteiger partial charge in [0, 0.05) is 21.6 Å². The maximum Gasteiger partial charge on any atom is 0.0378 e. The van der Waals surface area contributed by atoms with Crippen molar-refractivity contribution in [3.8, 4) is 0 Å². The van der Waals surface area contributed by atoms with Crippen molar-refractivity contribution in [1.29, 1.82) is 0 Å². The molecule has 1 saturated heterocycles. The van der Waals surface area contributed by atoms with Gasteiger partial charge >= 0.3 is 0 Å². The van der Waals surface area contributed by atoms with Crippen LogP contribution < -0.4 is 0 Å². The van der Waals surface area contributed by atoms with E-state index < -0.39 is 0 Å². The van der Waals surface area contributed by atoms with E-state index in [4.69, 9.17) is 0 Å². The van der Waals surface area contributed by atoms with Crippen LogP contribution in [0, 0.1) is 23.7 Å². The highest BCUT2D eigenvalue weighted by atomic mass is 28.2. The molecule has 0 spiro atoms. The maximum absolute atomic E-state index is 2.93. The predicted octanol–water partition coefficient (Wildman–Crippen LogP) is 5.95. The van der Waals surface area contributed by atoms with Crippen molar-refractivity contribution in [3.05, 3.63) is 12.2 Å². The van der Waals surface area contributed by atoms with Crippen molar-refractivity contribution in [1.82, 2.24) is 4.90 Å². The van der Waals surface area contributed by atoms with Crippen molar-refractivity contribution in [2.45, 2.75) is 102 Å². The van der Waals surface area contributed by atoms with Crippen LogP contribution in [0.3, 0.4) is 0 Å². The molecule has 1 nitrogen and oxygen atoms in total. The molecule has 5 unspecified atom stereocenters. The second-order valence-electron chi connectivity index (χ2n) is 9.44. The first kappa shape index (κ1) is 18.3. The highest BCUT2D eigenvalue weighted by molar-refractivity contribution is 6.35. The van der Waals surface area contributed by atoms with E-state index >= 15 is 0 Å². The molecule has 2 heteroatoms. The molecular formula is C23H39NSi. The Kier molecular flexibility index (Phi) is 6.07. The number of likely N-dealkylation sites (tertiary alicyclic amines) is 1. The molecule has 4 aliphatic rings. The number of nitrogens with zero attached hydrogens (tertiary/aromatic N) is 1. The highest BCUT2D eigenvalue weighted by Gasteiger charge is 2.50. The van der Waals surface area contributed by atoms with Gasteiger partial charge in [-0.2, -0.15) is 0 Å². The number of hydrogen-bond donors (Lipinski definition) is 0. The third kappa shape index (κ3) is 3.81. The van der Waals surface area contributed by atoms with E-state index in [0.717, 1.165) is 41.3 Å². The largest absolute Gasteiger partial charge is 0.297 e. The quantitative estimate of drug-likeness (QED) is 0.444. The van der Waals surface area contributed by atoms with Gasteiger partial charge in [0.1, 0.15) is 0 Å². The molecule has 0 N–H and O–H groups in total. The fourth-order valence-corrected chi connectivity index (χ4v) is 7.86.